The summed E-state index contributed by atoms with van der Waals surface area (Å²) in [6.07, 6.45) is 2.33. The maximum Gasteiger partial charge on any atom is 0.416 e. The van der Waals surface area contributed by atoms with Crippen molar-refractivity contribution in [2.24, 2.45) is 0 Å². The molecule has 2 heterocycles. The summed E-state index contributed by atoms with van der Waals surface area (Å²) in [5.41, 5.74) is -0.575. The van der Waals surface area contributed by atoms with E-state index in [1.807, 2.05) is 0 Å². The van der Waals surface area contributed by atoms with Crippen LogP contribution < -0.4 is 0 Å². The fourth-order valence-electron chi connectivity index (χ4n) is 2.51. The number of amides is 1. The lowest BCUT2D eigenvalue weighted by atomic mass is 10.1. The molecule has 3 aromatic rings. The first kappa shape index (κ1) is 18.4. The molecule has 0 bridgehead atoms. The van der Waals surface area contributed by atoms with Gasteiger partial charge < -0.3 is 13.7 Å². The molecule has 0 unspecified atom stereocenters. The van der Waals surface area contributed by atoms with Gasteiger partial charge >= 0.3 is 6.18 Å². The molecule has 0 aliphatic rings. The molecule has 0 aliphatic carbocycles. The molecule has 27 heavy (non-hydrogen) atoms. The number of halogens is 3. The minimum Gasteiger partial charge on any atom is -0.467 e. The minimum atomic E-state index is -4.46. The molecular weight excluding hydrogens is 359 g/mol. The molecule has 0 N–H and O–H groups in total. The lowest BCUT2D eigenvalue weighted by molar-refractivity contribution is -0.137. The van der Waals surface area contributed by atoms with Crippen LogP contribution in [0.15, 0.2) is 63.6 Å². The van der Waals surface area contributed by atoms with E-state index < -0.39 is 17.6 Å². The zero-order chi connectivity index (χ0) is 19.4. The minimum absolute atomic E-state index is 0.0239. The van der Waals surface area contributed by atoms with Crippen LogP contribution in [0.4, 0.5) is 13.2 Å². The molecule has 2 aromatic heterocycles. The van der Waals surface area contributed by atoms with Crippen LogP contribution in [-0.4, -0.2) is 17.4 Å². The Morgan fingerprint density at radius 1 is 1.15 bits per heavy atom. The van der Waals surface area contributed by atoms with Gasteiger partial charge in [0.25, 0.3) is 5.91 Å². The Kier molecular flexibility index (Phi) is 5.08. The molecule has 7 heteroatoms. The van der Waals surface area contributed by atoms with E-state index in [0.717, 1.165) is 12.1 Å². The third-order valence-electron chi connectivity index (χ3n) is 3.79. The summed E-state index contributed by atoms with van der Waals surface area (Å²) in [4.78, 5) is 14.0. The van der Waals surface area contributed by atoms with Crippen molar-refractivity contribution in [3.63, 3.8) is 0 Å². The van der Waals surface area contributed by atoms with E-state index in [0.29, 0.717) is 5.76 Å². The third-order valence-corrected chi connectivity index (χ3v) is 3.79. The van der Waals surface area contributed by atoms with Gasteiger partial charge in [0, 0.05) is 5.56 Å². The number of benzene rings is 1. The first-order valence-electron chi connectivity index (χ1n) is 7.91. The van der Waals surface area contributed by atoms with Crippen LogP contribution in [0, 0.1) is 12.3 Å². The molecule has 1 aromatic carbocycles. The van der Waals surface area contributed by atoms with Gasteiger partial charge in [-0.15, -0.1) is 6.42 Å². The van der Waals surface area contributed by atoms with Crippen LogP contribution in [0.25, 0.3) is 11.3 Å². The predicted molar refractivity (Wildman–Crippen MR) is 91.4 cm³/mol. The number of hydrogen-bond donors (Lipinski definition) is 0. The molecule has 0 spiro atoms. The van der Waals surface area contributed by atoms with Gasteiger partial charge in [-0.2, -0.15) is 13.2 Å². The maximum absolute atomic E-state index is 12.9. The van der Waals surface area contributed by atoms with Gasteiger partial charge in [-0.1, -0.05) is 18.1 Å². The van der Waals surface area contributed by atoms with E-state index in [9.17, 15) is 18.0 Å². The van der Waals surface area contributed by atoms with Crippen molar-refractivity contribution in [3.8, 4) is 23.7 Å². The number of furan rings is 2. The standard InChI is InChI=1S/C20H14F3NO3/c1-2-10-24(13-16-7-4-11-26-16)19(25)18-9-8-17(27-18)14-5-3-6-15(12-14)20(21,22)23/h1,3-9,11-12H,10,13H2. The number of rotatable bonds is 5. The average Bonchev–Trinajstić information content (AvgIpc) is 3.32. The molecular formula is C20H14F3NO3. The summed E-state index contributed by atoms with van der Waals surface area (Å²) in [6, 6.07) is 10.9. The Labute approximate surface area is 153 Å². The Morgan fingerprint density at radius 2 is 1.96 bits per heavy atom. The van der Waals surface area contributed by atoms with E-state index >= 15 is 0 Å². The average molecular weight is 373 g/mol. The Balaban J connectivity index is 1.84. The maximum atomic E-state index is 12.9. The van der Waals surface area contributed by atoms with Crippen LogP contribution in [-0.2, 0) is 12.7 Å². The quantitative estimate of drug-likeness (QED) is 0.602. The first-order chi connectivity index (χ1) is 12.9. The number of hydrogen-bond acceptors (Lipinski definition) is 3. The van der Waals surface area contributed by atoms with Gasteiger partial charge in [-0.05, 0) is 36.4 Å². The second-order valence-electron chi connectivity index (χ2n) is 5.69. The molecule has 4 nitrogen and oxygen atoms in total. The molecule has 3 rings (SSSR count). The normalized spacial score (nSPS) is 11.2. The summed E-state index contributed by atoms with van der Waals surface area (Å²) in [7, 11) is 0. The lowest BCUT2D eigenvalue weighted by Gasteiger charge is -2.17. The van der Waals surface area contributed by atoms with Gasteiger partial charge in [0.05, 0.1) is 24.9 Å². The number of carbonyl (C=O) groups excluding carboxylic acids is 1. The van der Waals surface area contributed by atoms with Crippen LogP contribution in [0.2, 0.25) is 0 Å². The molecule has 0 fully saturated rings. The zero-order valence-electron chi connectivity index (χ0n) is 14.0. The predicted octanol–water partition coefficient (Wildman–Crippen LogP) is 4.83. The highest BCUT2D eigenvalue weighted by Crippen LogP contribution is 2.32. The fraction of sp³-hybridized carbons (Fsp3) is 0.150. The largest absolute Gasteiger partial charge is 0.467 e. The highest BCUT2D eigenvalue weighted by Gasteiger charge is 2.30. The number of terminal acetylenes is 1. The molecule has 0 saturated heterocycles. The van der Waals surface area contributed by atoms with Crippen molar-refractivity contribution in [1.82, 2.24) is 4.90 Å². The fourth-order valence-corrected chi connectivity index (χ4v) is 2.51. The monoisotopic (exact) mass is 373 g/mol. The van der Waals surface area contributed by atoms with Gasteiger partial charge in [0.2, 0.25) is 0 Å². The van der Waals surface area contributed by atoms with Crippen molar-refractivity contribution < 1.29 is 26.8 Å². The summed E-state index contributed by atoms with van der Waals surface area (Å²) in [5, 5.41) is 0. The van der Waals surface area contributed by atoms with Crippen molar-refractivity contribution in [2.75, 3.05) is 6.54 Å². The number of nitrogens with zero attached hydrogens (tertiary/aromatic N) is 1. The molecule has 0 atom stereocenters. The Hall–Kier alpha value is -3.40. The topological polar surface area (TPSA) is 46.6 Å². The van der Waals surface area contributed by atoms with Crippen molar-refractivity contribution in [3.05, 3.63) is 71.9 Å². The zero-order valence-corrected chi connectivity index (χ0v) is 14.0. The number of carbonyl (C=O) groups is 1. The van der Waals surface area contributed by atoms with E-state index in [1.165, 1.54) is 35.4 Å². The van der Waals surface area contributed by atoms with Crippen LogP contribution in [0.3, 0.4) is 0 Å². The van der Waals surface area contributed by atoms with Gasteiger partial charge in [0.1, 0.15) is 11.5 Å². The summed E-state index contributed by atoms with van der Waals surface area (Å²) in [5.74, 6) is 2.58. The van der Waals surface area contributed by atoms with E-state index in [-0.39, 0.29) is 30.2 Å². The molecule has 0 radical (unpaired) electrons. The second-order valence-corrected chi connectivity index (χ2v) is 5.69. The van der Waals surface area contributed by atoms with Gasteiger partial charge in [0.15, 0.2) is 5.76 Å². The lowest BCUT2D eigenvalue weighted by Crippen LogP contribution is -2.30. The Morgan fingerprint density at radius 3 is 2.63 bits per heavy atom. The smallest absolute Gasteiger partial charge is 0.416 e. The molecule has 0 aliphatic heterocycles. The number of alkyl halides is 3. The van der Waals surface area contributed by atoms with Crippen molar-refractivity contribution in [1.29, 1.82) is 0 Å². The summed E-state index contributed by atoms with van der Waals surface area (Å²) >= 11 is 0. The molecule has 0 saturated carbocycles. The SMILES string of the molecule is C#CCN(Cc1ccco1)C(=O)c1ccc(-c2cccc(C(F)(F)F)c2)o1. The van der Waals surface area contributed by atoms with E-state index in [4.69, 9.17) is 15.3 Å². The Bertz CT molecular complexity index is 965. The summed E-state index contributed by atoms with van der Waals surface area (Å²) < 4.78 is 49.3. The van der Waals surface area contributed by atoms with Crippen LogP contribution >= 0.6 is 0 Å². The first-order valence-corrected chi connectivity index (χ1v) is 7.91. The highest BCUT2D eigenvalue weighted by molar-refractivity contribution is 5.92. The van der Waals surface area contributed by atoms with Crippen molar-refractivity contribution >= 4 is 5.91 Å². The van der Waals surface area contributed by atoms with Crippen LogP contribution in [0.5, 0.6) is 0 Å². The second kappa shape index (κ2) is 7.46. The van der Waals surface area contributed by atoms with Crippen molar-refractivity contribution in [2.45, 2.75) is 12.7 Å². The highest BCUT2D eigenvalue weighted by atomic mass is 19.4. The van der Waals surface area contributed by atoms with Gasteiger partial charge in [-0.25, -0.2) is 0 Å². The van der Waals surface area contributed by atoms with Gasteiger partial charge in [-0.3, -0.25) is 4.79 Å². The molecule has 1 amide bonds. The molecule has 138 valence electrons. The third kappa shape index (κ3) is 4.23. The van der Waals surface area contributed by atoms with Crippen LogP contribution in [0.1, 0.15) is 21.9 Å². The van der Waals surface area contributed by atoms with E-state index in [2.05, 4.69) is 5.92 Å². The summed E-state index contributed by atoms with van der Waals surface area (Å²) in [6.45, 7) is 0.175. The van der Waals surface area contributed by atoms with E-state index in [1.54, 1.807) is 12.1 Å².